The monoisotopic (exact) mass is 322 g/mol. The molecule has 2 aromatic heterocycles. The standard InChI is InChI=1S/C19H22N4O/c1-13-5-4-6-14(11-13)9-10-23-12-20-16-18(23)21-17(22-19(16)24)15-7-2-3-8-15/h4-6,11-12,15H,2-3,7-10H2,1H3,(H,21,22,24). The Hall–Kier alpha value is -2.43. The highest BCUT2D eigenvalue weighted by Crippen LogP contribution is 2.31. The molecule has 2 heterocycles. The Morgan fingerprint density at radius 1 is 1.29 bits per heavy atom. The summed E-state index contributed by atoms with van der Waals surface area (Å²) in [6, 6.07) is 8.52. The average Bonchev–Trinajstić information content (AvgIpc) is 3.23. The molecule has 0 aliphatic heterocycles. The zero-order valence-electron chi connectivity index (χ0n) is 14.0. The summed E-state index contributed by atoms with van der Waals surface area (Å²) in [5.41, 5.74) is 3.60. The average molecular weight is 322 g/mol. The highest BCUT2D eigenvalue weighted by molar-refractivity contribution is 5.69. The van der Waals surface area contributed by atoms with Crippen LogP contribution in [0.25, 0.3) is 11.2 Å². The normalized spacial score (nSPS) is 15.4. The van der Waals surface area contributed by atoms with Crippen LogP contribution in [0.4, 0.5) is 0 Å². The number of rotatable bonds is 4. The zero-order chi connectivity index (χ0) is 16.5. The van der Waals surface area contributed by atoms with Crippen LogP contribution in [0.1, 0.15) is 48.6 Å². The Morgan fingerprint density at radius 2 is 2.12 bits per heavy atom. The van der Waals surface area contributed by atoms with Gasteiger partial charge < -0.3 is 9.55 Å². The van der Waals surface area contributed by atoms with Crippen molar-refractivity contribution in [3.8, 4) is 0 Å². The minimum atomic E-state index is -0.115. The van der Waals surface area contributed by atoms with E-state index in [1.807, 2.05) is 4.57 Å². The van der Waals surface area contributed by atoms with Gasteiger partial charge in [0.1, 0.15) is 5.82 Å². The molecule has 0 radical (unpaired) electrons. The van der Waals surface area contributed by atoms with Gasteiger partial charge in [-0.05, 0) is 31.7 Å². The van der Waals surface area contributed by atoms with Crippen molar-refractivity contribution in [3.63, 3.8) is 0 Å². The molecular weight excluding hydrogens is 300 g/mol. The van der Waals surface area contributed by atoms with Crippen LogP contribution in [-0.4, -0.2) is 19.5 Å². The Labute approximate surface area is 140 Å². The van der Waals surface area contributed by atoms with E-state index in [0.29, 0.717) is 17.1 Å². The van der Waals surface area contributed by atoms with Gasteiger partial charge in [0.2, 0.25) is 0 Å². The smallest absolute Gasteiger partial charge is 0.279 e. The summed E-state index contributed by atoms with van der Waals surface area (Å²) in [5.74, 6) is 1.23. The highest BCUT2D eigenvalue weighted by atomic mass is 16.1. The van der Waals surface area contributed by atoms with E-state index < -0.39 is 0 Å². The lowest BCUT2D eigenvalue weighted by molar-refractivity contribution is 0.659. The number of nitrogens with zero attached hydrogens (tertiary/aromatic N) is 3. The number of fused-ring (bicyclic) bond motifs is 1. The number of hydrogen-bond donors (Lipinski definition) is 1. The number of aromatic nitrogens is 4. The molecule has 0 atom stereocenters. The molecule has 1 aromatic carbocycles. The van der Waals surface area contributed by atoms with Crippen molar-refractivity contribution in [2.45, 2.75) is 51.5 Å². The second kappa shape index (κ2) is 6.23. The fraction of sp³-hybridized carbons (Fsp3) is 0.421. The van der Waals surface area contributed by atoms with Crippen LogP contribution in [-0.2, 0) is 13.0 Å². The maximum Gasteiger partial charge on any atom is 0.279 e. The van der Waals surface area contributed by atoms with Gasteiger partial charge in [-0.15, -0.1) is 0 Å². The fourth-order valence-corrected chi connectivity index (χ4v) is 3.64. The first-order chi connectivity index (χ1) is 11.7. The van der Waals surface area contributed by atoms with Gasteiger partial charge in [0.05, 0.1) is 6.33 Å². The zero-order valence-corrected chi connectivity index (χ0v) is 14.0. The van der Waals surface area contributed by atoms with Gasteiger partial charge in [-0.1, -0.05) is 42.7 Å². The Kier molecular flexibility index (Phi) is 3.92. The summed E-state index contributed by atoms with van der Waals surface area (Å²) in [7, 11) is 0. The van der Waals surface area contributed by atoms with E-state index >= 15 is 0 Å². The molecule has 0 saturated heterocycles. The van der Waals surface area contributed by atoms with Crippen molar-refractivity contribution in [1.29, 1.82) is 0 Å². The molecule has 0 amide bonds. The number of imidazole rings is 1. The lowest BCUT2D eigenvalue weighted by Gasteiger charge is -2.09. The summed E-state index contributed by atoms with van der Waals surface area (Å²) in [6.45, 7) is 2.88. The van der Waals surface area contributed by atoms with Crippen molar-refractivity contribution < 1.29 is 0 Å². The first kappa shape index (κ1) is 15.1. The molecule has 1 saturated carbocycles. The van der Waals surface area contributed by atoms with Gasteiger partial charge >= 0.3 is 0 Å². The van der Waals surface area contributed by atoms with Gasteiger partial charge in [-0.3, -0.25) is 4.79 Å². The first-order valence-electron chi connectivity index (χ1n) is 8.71. The molecule has 0 spiro atoms. The van der Waals surface area contributed by atoms with E-state index in [1.165, 1.54) is 24.0 Å². The van der Waals surface area contributed by atoms with Crippen LogP contribution in [0, 0.1) is 6.92 Å². The van der Waals surface area contributed by atoms with Crippen molar-refractivity contribution in [2.24, 2.45) is 0 Å². The minimum absolute atomic E-state index is 0.115. The van der Waals surface area contributed by atoms with Gasteiger partial charge in [0, 0.05) is 12.5 Å². The van der Waals surface area contributed by atoms with Crippen molar-refractivity contribution in [3.05, 3.63) is 57.9 Å². The van der Waals surface area contributed by atoms with E-state index in [4.69, 9.17) is 4.98 Å². The lowest BCUT2D eigenvalue weighted by Crippen LogP contribution is -2.15. The van der Waals surface area contributed by atoms with Crippen molar-refractivity contribution in [2.75, 3.05) is 0 Å². The first-order valence-corrected chi connectivity index (χ1v) is 8.71. The van der Waals surface area contributed by atoms with Crippen molar-refractivity contribution in [1.82, 2.24) is 19.5 Å². The molecule has 1 fully saturated rings. The number of benzene rings is 1. The molecule has 5 heteroatoms. The van der Waals surface area contributed by atoms with Gasteiger partial charge in [0.15, 0.2) is 11.2 Å². The molecule has 0 bridgehead atoms. The van der Waals surface area contributed by atoms with Crippen LogP contribution in [0.2, 0.25) is 0 Å². The second-order valence-corrected chi connectivity index (χ2v) is 6.78. The third-order valence-electron chi connectivity index (χ3n) is 4.96. The maximum atomic E-state index is 12.3. The summed E-state index contributed by atoms with van der Waals surface area (Å²) >= 11 is 0. The molecule has 1 aliphatic rings. The van der Waals surface area contributed by atoms with Crippen LogP contribution in [0.5, 0.6) is 0 Å². The van der Waals surface area contributed by atoms with Gasteiger partial charge in [-0.25, -0.2) is 9.97 Å². The minimum Gasteiger partial charge on any atom is -0.315 e. The molecular formula is C19H22N4O. The Bertz CT molecular complexity index is 919. The molecule has 1 aliphatic carbocycles. The largest absolute Gasteiger partial charge is 0.315 e. The summed E-state index contributed by atoms with van der Waals surface area (Å²) in [6.07, 6.45) is 7.32. The predicted molar refractivity (Wildman–Crippen MR) is 94.2 cm³/mol. The number of H-pyrrole nitrogens is 1. The van der Waals surface area contributed by atoms with Crippen molar-refractivity contribution >= 4 is 11.2 Å². The second-order valence-electron chi connectivity index (χ2n) is 6.78. The summed E-state index contributed by atoms with van der Waals surface area (Å²) < 4.78 is 2.01. The van der Waals surface area contributed by atoms with Crippen LogP contribution >= 0.6 is 0 Å². The van der Waals surface area contributed by atoms with Crippen LogP contribution in [0.3, 0.4) is 0 Å². The Balaban J connectivity index is 1.64. The van der Waals surface area contributed by atoms with E-state index in [0.717, 1.165) is 31.6 Å². The highest BCUT2D eigenvalue weighted by Gasteiger charge is 2.21. The quantitative estimate of drug-likeness (QED) is 0.801. The molecule has 1 N–H and O–H groups in total. The Morgan fingerprint density at radius 3 is 2.92 bits per heavy atom. The molecule has 24 heavy (non-hydrogen) atoms. The summed E-state index contributed by atoms with van der Waals surface area (Å²) in [5, 5.41) is 0. The fourth-order valence-electron chi connectivity index (χ4n) is 3.64. The number of aryl methyl sites for hydroxylation is 3. The third-order valence-corrected chi connectivity index (χ3v) is 4.96. The lowest BCUT2D eigenvalue weighted by atomic mass is 10.1. The van der Waals surface area contributed by atoms with Crippen LogP contribution in [0.15, 0.2) is 35.4 Å². The summed E-state index contributed by atoms with van der Waals surface area (Å²) in [4.78, 5) is 24.3. The van der Waals surface area contributed by atoms with Gasteiger partial charge in [-0.2, -0.15) is 0 Å². The predicted octanol–water partition coefficient (Wildman–Crippen LogP) is 3.33. The van der Waals surface area contributed by atoms with Crippen LogP contribution < -0.4 is 5.56 Å². The number of nitrogens with one attached hydrogen (secondary N) is 1. The maximum absolute atomic E-state index is 12.3. The molecule has 0 unspecified atom stereocenters. The SMILES string of the molecule is Cc1cccc(CCn2cnc3c(=O)[nH]c(C4CCCC4)nc32)c1. The molecule has 5 nitrogen and oxygen atoms in total. The van der Waals surface area contributed by atoms with E-state index in [-0.39, 0.29) is 5.56 Å². The third kappa shape index (κ3) is 2.86. The van der Waals surface area contributed by atoms with E-state index in [9.17, 15) is 4.79 Å². The topological polar surface area (TPSA) is 63.6 Å². The van der Waals surface area contributed by atoms with Gasteiger partial charge in [0.25, 0.3) is 5.56 Å². The van der Waals surface area contributed by atoms with E-state index in [2.05, 4.69) is 41.2 Å². The number of hydrogen-bond acceptors (Lipinski definition) is 3. The van der Waals surface area contributed by atoms with E-state index in [1.54, 1.807) is 6.33 Å². The molecule has 124 valence electrons. The number of aromatic amines is 1. The molecule has 4 rings (SSSR count). The molecule has 3 aromatic rings.